The largest absolute Gasteiger partial charge is 2.00 e. The summed E-state index contributed by atoms with van der Waals surface area (Å²) in [6.45, 7) is 0. The predicted molar refractivity (Wildman–Crippen MR) is 32.5 cm³/mol. The first-order chi connectivity index (χ1) is 2.00. The maximum Gasteiger partial charge on any atom is 2.00 e. The molecule has 0 aromatic heterocycles. The Bertz CT molecular complexity index is 34.0. The van der Waals surface area contributed by atoms with Gasteiger partial charge in [0.05, 0.1) is 0 Å². The molecule has 0 aliphatic heterocycles. The van der Waals surface area contributed by atoms with Crippen LogP contribution in [-0.2, 0) is 0 Å². The second kappa shape index (κ2) is 6.28. The van der Waals surface area contributed by atoms with Crippen LogP contribution in [0.4, 0.5) is 0 Å². The van der Waals surface area contributed by atoms with Gasteiger partial charge in [-0.3, -0.25) is 0 Å². The van der Waals surface area contributed by atoms with Crippen LogP contribution in [0.3, 0.4) is 0 Å². The Morgan fingerprint density at radius 1 is 1.00 bits per heavy atom. The van der Waals surface area contributed by atoms with E-state index in [9.17, 15) is 0 Å². The minimum atomic E-state index is -4.61. The van der Waals surface area contributed by atoms with Crippen LogP contribution < -0.4 is 0 Å². The monoisotopic (exact) mass is 266 g/mol. The third-order valence-electron chi connectivity index (χ3n) is 0. The molecule has 0 radical (unpaired) electrons. The summed E-state index contributed by atoms with van der Waals surface area (Å²) in [6, 6.07) is 0. The SMILES string of the molecule is O[Si](O)(O)O.[AlH3].[Ba+2].[H-].[H-]. The Morgan fingerprint density at radius 3 is 1.00 bits per heavy atom. The molecule has 42 valence electrons. The molecule has 0 aliphatic rings. The van der Waals surface area contributed by atoms with E-state index < -0.39 is 9.05 Å². The van der Waals surface area contributed by atoms with Crippen LogP contribution in [0.25, 0.3) is 0 Å². The molecule has 0 atom stereocenters. The van der Waals surface area contributed by atoms with Gasteiger partial charge in [0, 0.05) is 0 Å². The van der Waals surface area contributed by atoms with Crippen molar-refractivity contribution >= 4 is 75.3 Å². The number of rotatable bonds is 0. The Hall–Kier alpha value is 2.16. The molecule has 7 heavy (non-hydrogen) atoms. The summed E-state index contributed by atoms with van der Waals surface area (Å²) < 4.78 is 0. The van der Waals surface area contributed by atoms with Crippen LogP contribution in [0.1, 0.15) is 2.85 Å². The quantitative estimate of drug-likeness (QED) is 0.337. The van der Waals surface area contributed by atoms with E-state index in [1.807, 2.05) is 0 Å². The Kier molecular flexibility index (Phi) is 14.4. The van der Waals surface area contributed by atoms with Gasteiger partial charge in [-0.1, -0.05) is 0 Å². The van der Waals surface area contributed by atoms with Gasteiger partial charge in [0.25, 0.3) is 0 Å². The average Bonchev–Trinajstić information content (AvgIpc) is 0.722. The third kappa shape index (κ3) is 66.3. The molecular formula is H9AlBaO4Si. The van der Waals surface area contributed by atoms with Crippen molar-refractivity contribution in [3.8, 4) is 0 Å². The normalized spacial score (nSPS) is 8.57. The zero-order chi connectivity index (χ0) is 4.50. The fourth-order valence-corrected chi connectivity index (χ4v) is 0. The Balaban J connectivity index is -0.0000000133. The summed E-state index contributed by atoms with van der Waals surface area (Å²) in [4.78, 5) is 29.3. The Labute approximate surface area is 95.8 Å². The van der Waals surface area contributed by atoms with Crippen molar-refractivity contribution < 1.29 is 22.0 Å². The first-order valence-electron chi connectivity index (χ1n) is 0.894. The van der Waals surface area contributed by atoms with E-state index in [4.69, 9.17) is 19.2 Å². The second-order valence-electron chi connectivity index (χ2n) is 0.600. The molecule has 0 unspecified atom stereocenters. The molecule has 7 heteroatoms. The van der Waals surface area contributed by atoms with E-state index in [2.05, 4.69) is 0 Å². The minimum Gasteiger partial charge on any atom is -1.00 e. The first kappa shape index (κ1) is 16.1. The predicted octanol–water partition coefficient (Wildman–Crippen LogP) is -3.95. The number of hydrogen-bond donors (Lipinski definition) is 4. The fraction of sp³-hybridized carbons (Fsp3) is 0. The van der Waals surface area contributed by atoms with Crippen LogP contribution in [-0.4, -0.2) is 94.5 Å². The first-order valence-corrected chi connectivity index (χ1v) is 2.68. The summed E-state index contributed by atoms with van der Waals surface area (Å²) in [5, 5.41) is 0. The van der Waals surface area contributed by atoms with Gasteiger partial charge in [-0.25, -0.2) is 0 Å². The maximum absolute atomic E-state index is 7.33. The summed E-state index contributed by atoms with van der Waals surface area (Å²) in [5.41, 5.74) is 0. The molecule has 0 rings (SSSR count). The number of hydrogen-bond acceptors (Lipinski definition) is 4. The van der Waals surface area contributed by atoms with Gasteiger partial charge >= 0.3 is 57.9 Å². The maximum atomic E-state index is 7.33. The van der Waals surface area contributed by atoms with E-state index >= 15 is 0 Å². The standard InChI is InChI=1S/Al.Ba.H4O4Si.5H/c;;1-5(2,3)4;;;;;/h;;1-4H;;;;;/q;+2;;;;;2*-1. The summed E-state index contributed by atoms with van der Waals surface area (Å²) in [5.74, 6) is 0. The molecule has 0 saturated heterocycles. The molecule has 0 fully saturated rings. The topological polar surface area (TPSA) is 80.9 Å². The molecule has 0 aliphatic carbocycles. The van der Waals surface area contributed by atoms with Crippen LogP contribution in [0.15, 0.2) is 0 Å². The summed E-state index contributed by atoms with van der Waals surface area (Å²) >= 11 is 0. The summed E-state index contributed by atoms with van der Waals surface area (Å²) in [7, 11) is -4.61. The molecular weight excluding hydrogens is 256 g/mol. The van der Waals surface area contributed by atoms with Crippen LogP contribution >= 0.6 is 0 Å². The van der Waals surface area contributed by atoms with Crippen LogP contribution in [0.2, 0.25) is 0 Å². The smallest absolute Gasteiger partial charge is 1.00 e. The zero-order valence-electron chi connectivity index (χ0n) is 5.00. The summed E-state index contributed by atoms with van der Waals surface area (Å²) in [6.07, 6.45) is 0. The van der Waals surface area contributed by atoms with Gasteiger partial charge < -0.3 is 22.0 Å². The van der Waals surface area contributed by atoms with E-state index in [1.54, 1.807) is 0 Å². The van der Waals surface area contributed by atoms with Gasteiger partial charge in [-0.15, -0.1) is 0 Å². The van der Waals surface area contributed by atoms with Crippen molar-refractivity contribution in [3.05, 3.63) is 0 Å². The molecule has 0 aromatic carbocycles. The molecule has 4 N–H and O–H groups in total. The van der Waals surface area contributed by atoms with Crippen molar-refractivity contribution in [1.29, 1.82) is 0 Å². The van der Waals surface area contributed by atoms with Crippen molar-refractivity contribution in [2.75, 3.05) is 0 Å². The van der Waals surface area contributed by atoms with E-state index in [-0.39, 0.29) is 69.1 Å². The van der Waals surface area contributed by atoms with Crippen LogP contribution in [0, 0.1) is 0 Å². The van der Waals surface area contributed by atoms with Gasteiger partial charge in [0.15, 0.2) is 17.4 Å². The Morgan fingerprint density at radius 2 is 1.00 bits per heavy atom. The zero-order valence-corrected chi connectivity index (χ0v) is 8.44. The molecule has 0 spiro atoms. The molecule has 4 nitrogen and oxygen atoms in total. The van der Waals surface area contributed by atoms with Crippen molar-refractivity contribution in [2.45, 2.75) is 0 Å². The van der Waals surface area contributed by atoms with Crippen molar-refractivity contribution in [2.24, 2.45) is 0 Å². The molecule has 0 saturated carbocycles. The fourth-order valence-electron chi connectivity index (χ4n) is 0. The molecule has 0 bridgehead atoms. The van der Waals surface area contributed by atoms with E-state index in [1.165, 1.54) is 0 Å². The van der Waals surface area contributed by atoms with Crippen molar-refractivity contribution in [1.82, 2.24) is 0 Å². The van der Waals surface area contributed by atoms with E-state index in [0.717, 1.165) is 0 Å². The molecule has 0 heterocycles. The second-order valence-corrected chi connectivity index (χ2v) is 1.80. The van der Waals surface area contributed by atoms with Crippen molar-refractivity contribution in [3.63, 3.8) is 0 Å². The van der Waals surface area contributed by atoms with Crippen LogP contribution in [0.5, 0.6) is 0 Å². The van der Waals surface area contributed by atoms with Gasteiger partial charge in [-0.05, 0) is 0 Å². The van der Waals surface area contributed by atoms with Gasteiger partial charge in [-0.2, -0.15) is 0 Å². The van der Waals surface area contributed by atoms with Gasteiger partial charge in [0.1, 0.15) is 0 Å². The molecule has 0 amide bonds. The average molecular weight is 265 g/mol. The van der Waals surface area contributed by atoms with Gasteiger partial charge in [0.2, 0.25) is 0 Å². The minimum absolute atomic E-state index is 0. The van der Waals surface area contributed by atoms with E-state index in [0.29, 0.717) is 0 Å². The third-order valence-corrected chi connectivity index (χ3v) is 0. The molecule has 0 aromatic rings.